The van der Waals surface area contributed by atoms with Crippen molar-refractivity contribution >= 4 is 12.6 Å². The Hall–Kier alpha value is -7.29. The molecular formula is C55H48O7S. The molecule has 0 saturated heterocycles. The number of hydrogen-bond donors (Lipinski definition) is 1. The molecule has 63 heavy (non-hydrogen) atoms. The molecule has 0 N–H and O–H groups in total. The van der Waals surface area contributed by atoms with Crippen LogP contribution in [-0.2, 0) is 46.2 Å². The largest absolute Gasteiger partial charge is 0.489 e. The lowest BCUT2D eigenvalue weighted by molar-refractivity contribution is 0.273. The second kappa shape index (κ2) is 22.0. The normalized spacial score (nSPS) is 10.7. The number of hydrogen-bond acceptors (Lipinski definition) is 8. The van der Waals surface area contributed by atoms with Crippen molar-refractivity contribution in [2.24, 2.45) is 0 Å². The highest BCUT2D eigenvalue weighted by atomic mass is 32.1. The summed E-state index contributed by atoms with van der Waals surface area (Å²) in [6, 6.07) is 65.5. The second-order valence-electron chi connectivity index (χ2n) is 14.9. The summed E-state index contributed by atoms with van der Waals surface area (Å²) >= 11 is 4.42. The van der Waals surface area contributed by atoms with Crippen LogP contribution in [0.3, 0.4) is 0 Å². The zero-order chi connectivity index (χ0) is 42.9. The molecule has 0 aliphatic carbocycles. The van der Waals surface area contributed by atoms with Crippen LogP contribution in [0.4, 0.5) is 0 Å². The summed E-state index contributed by atoms with van der Waals surface area (Å²) in [6.07, 6.45) is 0. The van der Waals surface area contributed by atoms with Gasteiger partial charge in [-0.15, -0.1) is 12.6 Å². The highest BCUT2D eigenvalue weighted by Crippen LogP contribution is 2.31. The van der Waals surface area contributed by atoms with Crippen LogP contribution in [-0.4, -0.2) is 0 Å². The lowest BCUT2D eigenvalue weighted by Gasteiger charge is -2.16. The first-order valence-corrected chi connectivity index (χ1v) is 21.3. The molecular weight excluding hydrogens is 805 g/mol. The Morgan fingerprint density at radius 2 is 0.444 bits per heavy atom. The number of thiol groups is 1. The van der Waals surface area contributed by atoms with E-state index in [2.05, 4.69) is 12.6 Å². The van der Waals surface area contributed by atoms with Gasteiger partial charge in [-0.2, -0.15) is 0 Å². The molecule has 0 aliphatic heterocycles. The molecule has 8 rings (SSSR count). The summed E-state index contributed by atoms with van der Waals surface area (Å²) in [5.41, 5.74) is 6.92. The van der Waals surface area contributed by atoms with E-state index in [1.165, 1.54) is 0 Å². The van der Waals surface area contributed by atoms with Gasteiger partial charge in [0.2, 0.25) is 0 Å². The van der Waals surface area contributed by atoms with Gasteiger partial charge >= 0.3 is 0 Å². The Morgan fingerprint density at radius 1 is 0.222 bits per heavy atom. The molecule has 0 atom stereocenters. The zero-order valence-corrected chi connectivity index (χ0v) is 35.7. The highest BCUT2D eigenvalue weighted by molar-refractivity contribution is 7.80. The summed E-state index contributed by atoms with van der Waals surface area (Å²) in [5, 5.41) is 0. The molecule has 0 heterocycles. The van der Waals surface area contributed by atoms with Gasteiger partial charge in [0, 0.05) is 23.1 Å². The van der Waals surface area contributed by atoms with E-state index in [1.54, 1.807) is 0 Å². The second-order valence-corrected chi connectivity index (χ2v) is 15.4. The van der Waals surface area contributed by atoms with E-state index in [1.807, 2.05) is 200 Å². The van der Waals surface area contributed by atoms with Gasteiger partial charge in [-0.25, -0.2) is 0 Å². The molecule has 0 amide bonds. The fourth-order valence-electron chi connectivity index (χ4n) is 6.65. The topological polar surface area (TPSA) is 64.6 Å². The van der Waals surface area contributed by atoms with E-state index in [4.69, 9.17) is 33.2 Å². The maximum absolute atomic E-state index is 6.52. The van der Waals surface area contributed by atoms with E-state index >= 15 is 0 Å². The molecule has 0 bridgehead atoms. The van der Waals surface area contributed by atoms with Crippen molar-refractivity contribution in [2.45, 2.75) is 51.1 Å². The minimum atomic E-state index is 0.250. The molecule has 8 aromatic rings. The fraction of sp³-hybridized carbons (Fsp3) is 0.127. The standard InChI is InChI=1S/C55H48O7S/c63-55-23-21-48(22-24-55)56-38-45-25-53(61-39-46-27-49(57-34-41-13-5-1-6-14-41)31-50(28-46)58-35-42-15-7-2-8-16-42)33-54(26-45)62-40-47-29-51(59-36-43-17-9-3-10-18-43)32-52(30-47)60-37-44-19-11-4-12-20-44/h1-33,63H,34-40H2. The van der Waals surface area contributed by atoms with Gasteiger partial charge in [0.05, 0.1) is 0 Å². The number of ether oxygens (including phenoxy) is 7. The smallest absolute Gasteiger partial charge is 0.123 e. The number of benzene rings is 8. The molecule has 8 aromatic carbocycles. The average Bonchev–Trinajstić information content (AvgIpc) is 3.33. The van der Waals surface area contributed by atoms with Crippen LogP contribution < -0.4 is 33.2 Å². The first kappa shape index (κ1) is 42.4. The monoisotopic (exact) mass is 852 g/mol. The highest BCUT2D eigenvalue weighted by Gasteiger charge is 2.11. The van der Waals surface area contributed by atoms with Crippen molar-refractivity contribution in [3.05, 3.63) is 239 Å². The molecule has 0 aliphatic rings. The average molecular weight is 853 g/mol. The third-order valence-corrected chi connectivity index (χ3v) is 10.2. The molecule has 0 fully saturated rings. The Bertz CT molecular complexity index is 2340. The maximum Gasteiger partial charge on any atom is 0.123 e. The van der Waals surface area contributed by atoms with Gasteiger partial charge in [0.15, 0.2) is 0 Å². The van der Waals surface area contributed by atoms with Gasteiger partial charge in [0.1, 0.15) is 86.5 Å². The molecule has 0 unspecified atom stereocenters. The maximum atomic E-state index is 6.52. The molecule has 7 nitrogen and oxygen atoms in total. The zero-order valence-electron chi connectivity index (χ0n) is 34.8. The van der Waals surface area contributed by atoms with Crippen molar-refractivity contribution in [1.82, 2.24) is 0 Å². The van der Waals surface area contributed by atoms with Gasteiger partial charge < -0.3 is 33.2 Å². The minimum Gasteiger partial charge on any atom is -0.489 e. The molecule has 8 heteroatoms. The predicted molar refractivity (Wildman–Crippen MR) is 249 cm³/mol. The summed E-state index contributed by atoms with van der Waals surface area (Å²) in [6.45, 7) is 2.48. The van der Waals surface area contributed by atoms with Gasteiger partial charge in [-0.1, -0.05) is 121 Å². The van der Waals surface area contributed by atoms with Crippen molar-refractivity contribution in [3.8, 4) is 40.2 Å². The van der Waals surface area contributed by atoms with Gasteiger partial charge in [-0.05, 0) is 99.6 Å². The third kappa shape index (κ3) is 13.6. The molecule has 316 valence electrons. The Labute approximate surface area is 374 Å². The summed E-state index contributed by atoms with van der Waals surface area (Å²) < 4.78 is 44.3. The van der Waals surface area contributed by atoms with E-state index in [9.17, 15) is 0 Å². The first-order valence-electron chi connectivity index (χ1n) is 20.8. The Kier molecular flexibility index (Phi) is 14.8. The Balaban J connectivity index is 1.01. The molecule has 0 saturated carbocycles. The van der Waals surface area contributed by atoms with Crippen molar-refractivity contribution < 1.29 is 33.2 Å². The Morgan fingerprint density at radius 3 is 0.698 bits per heavy atom. The minimum absolute atomic E-state index is 0.250. The van der Waals surface area contributed by atoms with Crippen LogP contribution in [0.1, 0.15) is 38.9 Å². The first-order chi connectivity index (χ1) is 31.0. The van der Waals surface area contributed by atoms with Crippen LogP contribution in [0.5, 0.6) is 40.2 Å². The van der Waals surface area contributed by atoms with Crippen LogP contribution in [0, 0.1) is 0 Å². The van der Waals surface area contributed by atoms with Crippen molar-refractivity contribution in [3.63, 3.8) is 0 Å². The lowest BCUT2D eigenvalue weighted by atomic mass is 10.2. The predicted octanol–water partition coefficient (Wildman–Crippen LogP) is 13.0. The van der Waals surface area contributed by atoms with Gasteiger partial charge in [-0.3, -0.25) is 0 Å². The summed E-state index contributed by atoms with van der Waals surface area (Å²) in [5.74, 6) is 4.70. The van der Waals surface area contributed by atoms with Crippen LogP contribution in [0.2, 0.25) is 0 Å². The van der Waals surface area contributed by atoms with E-state index in [-0.39, 0.29) is 13.2 Å². The summed E-state index contributed by atoms with van der Waals surface area (Å²) in [7, 11) is 0. The van der Waals surface area contributed by atoms with Crippen molar-refractivity contribution in [1.29, 1.82) is 0 Å². The molecule has 0 aromatic heterocycles. The number of rotatable bonds is 21. The van der Waals surface area contributed by atoms with E-state index in [0.29, 0.717) is 67.5 Å². The molecule has 0 spiro atoms. The van der Waals surface area contributed by atoms with Crippen LogP contribution in [0.25, 0.3) is 0 Å². The van der Waals surface area contributed by atoms with Gasteiger partial charge in [0.25, 0.3) is 0 Å². The van der Waals surface area contributed by atoms with Crippen molar-refractivity contribution in [2.75, 3.05) is 0 Å². The lowest BCUT2D eigenvalue weighted by Crippen LogP contribution is -2.03. The van der Waals surface area contributed by atoms with E-state index < -0.39 is 0 Å². The van der Waals surface area contributed by atoms with Crippen LogP contribution in [0.15, 0.2) is 205 Å². The van der Waals surface area contributed by atoms with Crippen LogP contribution >= 0.6 is 12.6 Å². The quantitative estimate of drug-likeness (QED) is 0.0722. The fourth-order valence-corrected chi connectivity index (χ4v) is 6.80. The SMILES string of the molecule is Sc1ccc(OCc2cc(OCc3cc(OCc4ccccc4)cc(OCc4ccccc4)c3)cc(OCc3cc(OCc4ccccc4)cc(OCc4ccccc4)c3)c2)cc1. The van der Waals surface area contributed by atoms with E-state index in [0.717, 1.165) is 49.6 Å². The third-order valence-electron chi connectivity index (χ3n) is 9.87. The molecule has 0 radical (unpaired) electrons. The summed E-state index contributed by atoms with van der Waals surface area (Å²) in [4.78, 5) is 0.861.